The zero-order valence-electron chi connectivity index (χ0n) is 11.9. The van der Waals surface area contributed by atoms with Crippen LogP contribution in [0.4, 0.5) is 8.78 Å². The Hall–Kier alpha value is -1.40. The zero-order valence-corrected chi connectivity index (χ0v) is 12.7. The first-order chi connectivity index (χ1) is 9.96. The highest BCUT2D eigenvalue weighted by atomic mass is 35.5. The summed E-state index contributed by atoms with van der Waals surface area (Å²) >= 11 is 5.89. The Balaban J connectivity index is 2.77. The molecule has 0 radical (unpaired) electrons. The van der Waals surface area contributed by atoms with Crippen LogP contribution in [0.3, 0.4) is 0 Å². The van der Waals surface area contributed by atoms with Crippen molar-refractivity contribution in [1.82, 2.24) is 4.90 Å². The first-order valence-corrected chi connectivity index (χ1v) is 6.86. The first-order valence-electron chi connectivity index (χ1n) is 6.48. The Labute approximate surface area is 127 Å². The molecule has 0 fully saturated rings. The predicted octanol–water partition coefficient (Wildman–Crippen LogP) is 3.33. The van der Waals surface area contributed by atoms with E-state index in [1.54, 1.807) is 6.07 Å². The van der Waals surface area contributed by atoms with Crippen LogP contribution in [-0.4, -0.2) is 37.7 Å². The van der Waals surface area contributed by atoms with Crippen LogP contribution in [0.2, 0.25) is 5.02 Å². The monoisotopic (exact) mass is 321 g/mol. The van der Waals surface area contributed by atoms with Crippen LogP contribution >= 0.6 is 11.6 Å². The van der Waals surface area contributed by atoms with Gasteiger partial charge in [-0.25, -0.2) is 0 Å². The molecule has 0 unspecified atom stereocenters. The lowest BCUT2D eigenvalue weighted by Crippen LogP contribution is -2.26. The molecule has 4 nitrogen and oxygen atoms in total. The fourth-order valence-electron chi connectivity index (χ4n) is 1.82. The van der Waals surface area contributed by atoms with Crippen LogP contribution in [0, 0.1) is 0 Å². The fraction of sp³-hybridized carbons (Fsp3) is 0.500. The molecule has 21 heavy (non-hydrogen) atoms. The Bertz CT molecular complexity index is 472. The second kappa shape index (κ2) is 8.79. The SMILES string of the molecule is CCN(CCC(=O)OC)Cc1cc(Cl)ccc1OC(F)F. The van der Waals surface area contributed by atoms with Crippen LogP contribution < -0.4 is 4.74 Å². The number of hydrogen-bond acceptors (Lipinski definition) is 4. The van der Waals surface area contributed by atoms with Crippen LogP contribution in [0.5, 0.6) is 5.75 Å². The van der Waals surface area contributed by atoms with Crippen molar-refractivity contribution in [3.05, 3.63) is 28.8 Å². The molecule has 0 aliphatic carbocycles. The maximum atomic E-state index is 12.4. The van der Waals surface area contributed by atoms with E-state index in [1.165, 1.54) is 19.2 Å². The Morgan fingerprint density at radius 2 is 2.14 bits per heavy atom. The number of carbonyl (C=O) groups is 1. The summed E-state index contributed by atoms with van der Waals surface area (Å²) in [6.45, 7) is 0.488. The van der Waals surface area contributed by atoms with Gasteiger partial charge in [0.2, 0.25) is 0 Å². The minimum absolute atomic E-state index is 0.0888. The van der Waals surface area contributed by atoms with Crippen molar-refractivity contribution in [2.45, 2.75) is 26.5 Å². The molecule has 0 heterocycles. The zero-order chi connectivity index (χ0) is 15.8. The maximum Gasteiger partial charge on any atom is 0.387 e. The molecule has 1 aromatic carbocycles. The van der Waals surface area contributed by atoms with E-state index >= 15 is 0 Å². The van der Waals surface area contributed by atoms with Gasteiger partial charge in [0, 0.05) is 23.7 Å². The lowest BCUT2D eigenvalue weighted by molar-refractivity contribution is -0.141. The van der Waals surface area contributed by atoms with E-state index in [1.807, 2.05) is 11.8 Å². The number of benzene rings is 1. The second-order valence-electron chi connectivity index (χ2n) is 4.33. The van der Waals surface area contributed by atoms with Crippen molar-refractivity contribution in [2.75, 3.05) is 20.2 Å². The van der Waals surface area contributed by atoms with Gasteiger partial charge in [0.15, 0.2) is 0 Å². The lowest BCUT2D eigenvalue weighted by atomic mass is 10.2. The topological polar surface area (TPSA) is 38.8 Å². The highest BCUT2D eigenvalue weighted by Gasteiger charge is 2.14. The second-order valence-corrected chi connectivity index (χ2v) is 4.76. The summed E-state index contributed by atoms with van der Waals surface area (Å²) in [5.41, 5.74) is 0.550. The molecular weight excluding hydrogens is 304 g/mol. The quantitative estimate of drug-likeness (QED) is 0.688. The van der Waals surface area contributed by atoms with Gasteiger partial charge >= 0.3 is 12.6 Å². The van der Waals surface area contributed by atoms with Gasteiger partial charge in [-0.1, -0.05) is 18.5 Å². The van der Waals surface area contributed by atoms with Gasteiger partial charge in [0.25, 0.3) is 0 Å². The van der Waals surface area contributed by atoms with Gasteiger partial charge < -0.3 is 9.47 Å². The predicted molar refractivity (Wildman–Crippen MR) is 75.7 cm³/mol. The molecule has 0 aromatic heterocycles. The molecule has 1 aromatic rings. The summed E-state index contributed by atoms with van der Waals surface area (Å²) in [5, 5.41) is 0.440. The van der Waals surface area contributed by atoms with E-state index < -0.39 is 6.61 Å². The van der Waals surface area contributed by atoms with Crippen LogP contribution in [0.25, 0.3) is 0 Å². The number of halogens is 3. The van der Waals surface area contributed by atoms with Crippen LogP contribution in [0.15, 0.2) is 18.2 Å². The molecule has 118 valence electrons. The van der Waals surface area contributed by atoms with Gasteiger partial charge in [-0.2, -0.15) is 8.78 Å². The Kier molecular flexibility index (Phi) is 7.39. The van der Waals surface area contributed by atoms with Crippen LogP contribution in [-0.2, 0) is 16.1 Å². The number of nitrogens with zero attached hydrogens (tertiary/aromatic N) is 1. The van der Waals surface area contributed by atoms with Crippen molar-refractivity contribution >= 4 is 17.6 Å². The van der Waals surface area contributed by atoms with Crippen molar-refractivity contribution in [2.24, 2.45) is 0 Å². The number of hydrogen-bond donors (Lipinski definition) is 0. The van der Waals surface area contributed by atoms with E-state index in [0.29, 0.717) is 30.2 Å². The van der Waals surface area contributed by atoms with E-state index in [9.17, 15) is 13.6 Å². The van der Waals surface area contributed by atoms with E-state index in [-0.39, 0.29) is 18.1 Å². The van der Waals surface area contributed by atoms with Gasteiger partial charge in [0.1, 0.15) is 5.75 Å². The lowest BCUT2D eigenvalue weighted by Gasteiger charge is -2.21. The van der Waals surface area contributed by atoms with E-state index in [2.05, 4.69) is 9.47 Å². The van der Waals surface area contributed by atoms with Crippen molar-refractivity contribution < 1.29 is 23.0 Å². The van der Waals surface area contributed by atoms with E-state index in [0.717, 1.165) is 0 Å². The highest BCUT2D eigenvalue weighted by molar-refractivity contribution is 6.30. The standard InChI is InChI=1S/C14H18ClF2NO3/c1-3-18(7-6-13(19)20-2)9-10-8-11(15)4-5-12(10)21-14(16)17/h4-5,8,14H,3,6-7,9H2,1-2H3. The van der Waals surface area contributed by atoms with Gasteiger partial charge in [-0.05, 0) is 24.7 Å². The summed E-state index contributed by atoms with van der Waals surface area (Å²) in [7, 11) is 1.32. The Morgan fingerprint density at radius 1 is 1.43 bits per heavy atom. The summed E-state index contributed by atoms with van der Waals surface area (Å²) in [5.74, 6) is -0.227. The van der Waals surface area contributed by atoms with Crippen LogP contribution in [0.1, 0.15) is 18.9 Å². The Morgan fingerprint density at radius 3 is 2.71 bits per heavy atom. The van der Waals surface area contributed by atoms with Crippen molar-refractivity contribution in [3.63, 3.8) is 0 Å². The highest BCUT2D eigenvalue weighted by Crippen LogP contribution is 2.26. The van der Waals surface area contributed by atoms with E-state index in [4.69, 9.17) is 11.6 Å². The molecule has 7 heteroatoms. The number of methoxy groups -OCH3 is 1. The fourth-order valence-corrected chi connectivity index (χ4v) is 2.02. The number of alkyl halides is 2. The number of carbonyl (C=O) groups excluding carboxylic acids is 1. The van der Waals surface area contributed by atoms with Gasteiger partial charge in [-0.15, -0.1) is 0 Å². The number of esters is 1. The molecule has 0 amide bonds. The first kappa shape index (κ1) is 17.7. The largest absolute Gasteiger partial charge is 0.469 e. The summed E-state index contributed by atoms with van der Waals surface area (Å²) in [6, 6.07) is 4.49. The molecule has 0 saturated carbocycles. The average molecular weight is 322 g/mol. The minimum atomic E-state index is -2.89. The minimum Gasteiger partial charge on any atom is -0.469 e. The smallest absolute Gasteiger partial charge is 0.387 e. The van der Waals surface area contributed by atoms with Crippen molar-refractivity contribution in [3.8, 4) is 5.75 Å². The molecule has 0 bridgehead atoms. The van der Waals surface area contributed by atoms with Gasteiger partial charge in [0.05, 0.1) is 13.5 Å². The molecule has 0 N–H and O–H groups in total. The maximum absolute atomic E-state index is 12.4. The third-order valence-corrected chi connectivity index (χ3v) is 3.17. The molecule has 0 aliphatic rings. The average Bonchev–Trinajstić information content (AvgIpc) is 2.45. The summed E-state index contributed by atoms with van der Waals surface area (Å²) in [4.78, 5) is 13.1. The normalized spacial score (nSPS) is 11.0. The third-order valence-electron chi connectivity index (χ3n) is 2.94. The number of rotatable bonds is 8. The van der Waals surface area contributed by atoms with Gasteiger partial charge in [-0.3, -0.25) is 9.69 Å². The summed E-state index contributed by atoms with van der Waals surface area (Å²) < 4.78 is 33.8. The summed E-state index contributed by atoms with van der Waals surface area (Å²) in [6.07, 6.45) is 0.232. The molecule has 0 spiro atoms. The molecule has 0 saturated heterocycles. The molecule has 1 rings (SSSR count). The van der Waals surface area contributed by atoms with Crippen molar-refractivity contribution in [1.29, 1.82) is 0 Å². The molecule has 0 aliphatic heterocycles. The number of ether oxygens (including phenoxy) is 2. The molecular formula is C14H18ClF2NO3. The third kappa shape index (κ3) is 6.27. The molecule has 0 atom stereocenters.